The predicted octanol–water partition coefficient (Wildman–Crippen LogP) is 6.57. The zero-order valence-corrected chi connectivity index (χ0v) is 17.4. The molecule has 0 atom stereocenters. The molecular formula is C26H25N2O2+. The van der Waals surface area contributed by atoms with Crippen molar-refractivity contribution >= 4 is 33.0 Å². The van der Waals surface area contributed by atoms with Gasteiger partial charge in [-0.2, -0.15) is 0 Å². The predicted molar refractivity (Wildman–Crippen MR) is 118 cm³/mol. The van der Waals surface area contributed by atoms with Crippen LogP contribution in [0.1, 0.15) is 50.8 Å². The summed E-state index contributed by atoms with van der Waals surface area (Å²) < 4.78 is 23.8. The molecule has 0 bridgehead atoms. The molecule has 1 aliphatic rings. The van der Waals surface area contributed by atoms with Gasteiger partial charge in [-0.1, -0.05) is 31.4 Å². The monoisotopic (exact) mass is 398 g/mol. The molecule has 4 nitrogen and oxygen atoms in total. The molecule has 1 saturated carbocycles. The lowest BCUT2D eigenvalue weighted by Gasteiger charge is -2.17. The van der Waals surface area contributed by atoms with Crippen LogP contribution in [0, 0.1) is 6.92 Å². The maximum Gasteiger partial charge on any atom is 0.216 e. The Morgan fingerprint density at radius 2 is 1.73 bits per heavy atom. The van der Waals surface area contributed by atoms with Crippen LogP contribution in [-0.2, 0) is 7.05 Å². The van der Waals surface area contributed by atoms with Crippen LogP contribution >= 0.6 is 0 Å². The van der Waals surface area contributed by atoms with E-state index in [0.29, 0.717) is 11.5 Å². The van der Waals surface area contributed by atoms with Gasteiger partial charge in [0, 0.05) is 30.2 Å². The van der Waals surface area contributed by atoms with Crippen LogP contribution < -0.4 is 4.57 Å². The Hall–Kier alpha value is -3.14. The number of rotatable bonds is 2. The van der Waals surface area contributed by atoms with Gasteiger partial charge in [0.25, 0.3) is 0 Å². The molecule has 2 aromatic carbocycles. The quantitative estimate of drug-likeness (QED) is 0.316. The molecule has 150 valence electrons. The highest BCUT2D eigenvalue weighted by Gasteiger charge is 2.25. The van der Waals surface area contributed by atoms with Gasteiger partial charge in [0.1, 0.15) is 18.1 Å². The normalized spacial score (nSPS) is 17.1. The number of furan rings is 1. The lowest BCUT2D eigenvalue weighted by atomic mass is 9.89. The van der Waals surface area contributed by atoms with Crippen molar-refractivity contribution in [3.05, 3.63) is 60.1 Å². The lowest BCUT2D eigenvalue weighted by molar-refractivity contribution is -0.660. The third-order valence-electron chi connectivity index (χ3n) is 6.44. The zero-order chi connectivity index (χ0) is 21.2. The van der Waals surface area contributed by atoms with E-state index in [0.717, 1.165) is 70.0 Å². The molecule has 1 fully saturated rings. The van der Waals surface area contributed by atoms with Gasteiger partial charge in [-0.3, -0.25) is 0 Å². The summed E-state index contributed by atoms with van der Waals surface area (Å²) >= 11 is 0. The molecule has 0 unspecified atom stereocenters. The van der Waals surface area contributed by atoms with Gasteiger partial charge in [0.2, 0.25) is 5.69 Å². The minimum atomic E-state index is -0.727. The van der Waals surface area contributed by atoms with E-state index in [4.69, 9.17) is 15.2 Å². The fourth-order valence-corrected chi connectivity index (χ4v) is 4.83. The highest BCUT2D eigenvalue weighted by Crippen LogP contribution is 2.41. The fraction of sp³-hybridized carbons (Fsp3) is 0.308. The van der Waals surface area contributed by atoms with Crippen molar-refractivity contribution in [1.29, 1.82) is 0 Å². The van der Waals surface area contributed by atoms with Gasteiger partial charge in [0.05, 0.1) is 5.56 Å². The first-order valence-electron chi connectivity index (χ1n) is 11.3. The molecule has 0 saturated heterocycles. The van der Waals surface area contributed by atoms with E-state index in [-0.39, 0.29) is 0 Å². The smallest absolute Gasteiger partial charge is 0.216 e. The average Bonchev–Trinajstić information content (AvgIpc) is 3.37. The summed E-state index contributed by atoms with van der Waals surface area (Å²) in [5.41, 5.74) is 6.36. The number of benzene rings is 2. The van der Waals surface area contributed by atoms with Gasteiger partial charge >= 0.3 is 0 Å². The number of nitrogens with zero attached hydrogens (tertiary/aromatic N) is 2. The minimum absolute atomic E-state index is 0.529. The van der Waals surface area contributed by atoms with E-state index < -0.39 is 5.89 Å². The lowest BCUT2D eigenvalue weighted by Crippen LogP contribution is -2.30. The van der Waals surface area contributed by atoms with Crippen molar-refractivity contribution in [2.24, 2.45) is 7.05 Å². The highest BCUT2D eigenvalue weighted by atomic mass is 16.4. The van der Waals surface area contributed by atoms with Crippen LogP contribution in [0.15, 0.2) is 57.5 Å². The van der Waals surface area contributed by atoms with Crippen LogP contribution in [0.25, 0.3) is 44.3 Å². The summed E-state index contributed by atoms with van der Waals surface area (Å²) in [6, 6.07) is 14.5. The van der Waals surface area contributed by atoms with E-state index in [1.807, 2.05) is 12.1 Å². The Morgan fingerprint density at radius 3 is 2.57 bits per heavy atom. The Balaban J connectivity index is 1.63. The summed E-state index contributed by atoms with van der Waals surface area (Å²) in [6.45, 7) is 2.12. The number of pyridine rings is 1. The Bertz CT molecular complexity index is 1460. The molecule has 0 spiro atoms. The van der Waals surface area contributed by atoms with Crippen molar-refractivity contribution in [2.75, 3.05) is 0 Å². The van der Waals surface area contributed by atoms with Gasteiger partial charge in [0.15, 0.2) is 23.3 Å². The van der Waals surface area contributed by atoms with Gasteiger partial charge in [-0.05, 0) is 43.5 Å². The number of aryl methyl sites for hydroxylation is 2. The fourth-order valence-electron chi connectivity index (χ4n) is 4.83. The van der Waals surface area contributed by atoms with Crippen LogP contribution in [0.4, 0.5) is 0 Å². The molecule has 3 heterocycles. The van der Waals surface area contributed by atoms with Crippen LogP contribution in [0.3, 0.4) is 0 Å². The van der Waals surface area contributed by atoms with Gasteiger partial charge in [-0.25, -0.2) is 9.55 Å². The van der Waals surface area contributed by atoms with Crippen molar-refractivity contribution < 1.29 is 14.8 Å². The molecule has 1 aliphatic carbocycles. The molecule has 4 heteroatoms. The summed E-state index contributed by atoms with van der Waals surface area (Å²) in [7, 11) is 2.05. The second kappa shape index (κ2) is 6.69. The number of fused-ring (bicyclic) bond motifs is 5. The van der Waals surface area contributed by atoms with Crippen LogP contribution in [0.5, 0.6) is 0 Å². The third kappa shape index (κ3) is 2.59. The Labute approximate surface area is 176 Å². The first-order valence-corrected chi connectivity index (χ1v) is 10.8. The summed E-state index contributed by atoms with van der Waals surface area (Å²) in [4.78, 5) is 4.72. The molecule has 6 rings (SSSR count). The van der Waals surface area contributed by atoms with Crippen molar-refractivity contribution in [3.8, 4) is 11.3 Å². The standard InChI is InChI=1S/C26H25N2O2/c1-16-11-12-18-19-13-14-20-25(30-26(27-20)17-8-4-3-5-9-17)24(19)29-23(18)22(16)21-10-6-7-15-28(21)2/h6-7,10-15,17H,3-5,8-9H2,1-2H3/q+1/i17D. The number of hydrogen-bond acceptors (Lipinski definition) is 3. The number of aromatic nitrogens is 2. The SMILES string of the molecule is [2H]C1(c2nc3ccc4c5ccc(C)c(-c6cccc[n+]6C)c5oc4c3o2)CCCCC1. The van der Waals surface area contributed by atoms with Gasteiger partial charge in [-0.15, -0.1) is 0 Å². The van der Waals surface area contributed by atoms with E-state index in [1.54, 1.807) is 0 Å². The highest BCUT2D eigenvalue weighted by molar-refractivity contribution is 6.15. The molecule has 0 radical (unpaired) electrons. The van der Waals surface area contributed by atoms with E-state index >= 15 is 0 Å². The van der Waals surface area contributed by atoms with Crippen LogP contribution in [-0.4, -0.2) is 4.98 Å². The maximum absolute atomic E-state index is 8.92. The van der Waals surface area contributed by atoms with Gasteiger partial charge < -0.3 is 8.83 Å². The summed E-state index contributed by atoms with van der Waals surface area (Å²) in [6.07, 6.45) is 6.95. The summed E-state index contributed by atoms with van der Waals surface area (Å²) in [5, 5.41) is 2.09. The molecule has 5 aromatic rings. The van der Waals surface area contributed by atoms with E-state index in [2.05, 4.69) is 55.1 Å². The minimum Gasteiger partial charge on any atom is -0.451 e. The number of hydrogen-bond donors (Lipinski definition) is 0. The Kier molecular flexibility index (Phi) is 3.71. The first-order chi connectivity index (χ1) is 15.0. The van der Waals surface area contributed by atoms with E-state index in [1.165, 1.54) is 6.42 Å². The second-order valence-electron chi connectivity index (χ2n) is 8.41. The molecule has 3 aromatic heterocycles. The third-order valence-corrected chi connectivity index (χ3v) is 6.44. The van der Waals surface area contributed by atoms with Crippen molar-refractivity contribution in [2.45, 2.75) is 44.9 Å². The first kappa shape index (κ1) is 16.6. The van der Waals surface area contributed by atoms with Crippen molar-refractivity contribution in [1.82, 2.24) is 4.98 Å². The maximum atomic E-state index is 8.92. The van der Waals surface area contributed by atoms with Crippen molar-refractivity contribution in [3.63, 3.8) is 0 Å². The average molecular weight is 399 g/mol. The molecule has 0 N–H and O–H groups in total. The second-order valence-corrected chi connectivity index (χ2v) is 8.41. The largest absolute Gasteiger partial charge is 0.451 e. The number of oxazole rings is 1. The van der Waals surface area contributed by atoms with Crippen LogP contribution in [0.2, 0.25) is 0 Å². The summed E-state index contributed by atoms with van der Waals surface area (Å²) in [5.74, 6) is -0.198. The molecule has 0 aliphatic heterocycles. The van der Waals surface area contributed by atoms with E-state index in [9.17, 15) is 0 Å². The molecule has 30 heavy (non-hydrogen) atoms. The molecular weight excluding hydrogens is 372 g/mol. The molecule has 0 amide bonds. The Morgan fingerprint density at radius 1 is 0.933 bits per heavy atom. The topological polar surface area (TPSA) is 43.0 Å². The zero-order valence-electron chi connectivity index (χ0n) is 18.4.